The first-order chi connectivity index (χ1) is 12.3. The molecule has 0 atom stereocenters. The molecule has 6 heteroatoms. The number of ether oxygens (including phenoxy) is 1. The molecule has 1 aromatic carbocycles. The van der Waals surface area contributed by atoms with Crippen LogP contribution in [0.2, 0.25) is 5.02 Å². The molecule has 1 saturated heterocycles. The van der Waals surface area contributed by atoms with Gasteiger partial charge in [-0.05, 0) is 56.3 Å². The van der Waals surface area contributed by atoms with E-state index < -0.39 is 0 Å². The molecule has 0 aliphatic carbocycles. The van der Waals surface area contributed by atoms with Crippen LogP contribution in [0.3, 0.4) is 0 Å². The molecular formula is C19H21ClN4O. The SMILES string of the molecule is Clc1ccc2c(c1)NC(=NCCN1CCCCC1)c1cccnc1O2. The Morgan fingerprint density at radius 1 is 1.20 bits per heavy atom. The zero-order valence-corrected chi connectivity index (χ0v) is 14.8. The topological polar surface area (TPSA) is 49.8 Å². The van der Waals surface area contributed by atoms with Gasteiger partial charge in [0.25, 0.3) is 0 Å². The van der Waals surface area contributed by atoms with Crippen molar-refractivity contribution in [1.29, 1.82) is 0 Å². The van der Waals surface area contributed by atoms with Crippen LogP contribution in [0.4, 0.5) is 5.69 Å². The first kappa shape index (κ1) is 16.4. The van der Waals surface area contributed by atoms with Crippen LogP contribution >= 0.6 is 11.6 Å². The van der Waals surface area contributed by atoms with Crippen LogP contribution in [-0.4, -0.2) is 41.9 Å². The van der Waals surface area contributed by atoms with E-state index in [1.54, 1.807) is 6.20 Å². The molecular weight excluding hydrogens is 336 g/mol. The molecule has 130 valence electrons. The summed E-state index contributed by atoms with van der Waals surface area (Å²) in [7, 11) is 0. The molecule has 3 heterocycles. The van der Waals surface area contributed by atoms with Gasteiger partial charge >= 0.3 is 0 Å². The summed E-state index contributed by atoms with van der Waals surface area (Å²) in [5.74, 6) is 2.04. The maximum atomic E-state index is 6.14. The summed E-state index contributed by atoms with van der Waals surface area (Å²) in [6.45, 7) is 4.08. The van der Waals surface area contributed by atoms with Gasteiger partial charge in [-0.25, -0.2) is 4.98 Å². The first-order valence-corrected chi connectivity index (χ1v) is 9.14. The lowest BCUT2D eigenvalue weighted by Crippen LogP contribution is -2.32. The molecule has 2 aliphatic heterocycles. The first-order valence-electron chi connectivity index (χ1n) is 8.76. The van der Waals surface area contributed by atoms with Crippen molar-refractivity contribution in [2.24, 2.45) is 4.99 Å². The van der Waals surface area contributed by atoms with Crippen LogP contribution in [0, 0.1) is 0 Å². The Hall–Kier alpha value is -2.11. The predicted molar refractivity (Wildman–Crippen MR) is 101 cm³/mol. The number of halogens is 1. The number of pyridine rings is 1. The molecule has 4 rings (SSSR count). The number of anilines is 1. The fourth-order valence-corrected chi connectivity index (χ4v) is 3.42. The summed E-state index contributed by atoms with van der Waals surface area (Å²) in [5, 5.41) is 4.03. The molecule has 2 aliphatic rings. The minimum Gasteiger partial charge on any atom is -0.436 e. The van der Waals surface area contributed by atoms with Crippen LogP contribution in [0.15, 0.2) is 41.5 Å². The minimum atomic E-state index is 0.563. The van der Waals surface area contributed by atoms with E-state index in [9.17, 15) is 0 Å². The number of benzene rings is 1. The lowest BCUT2D eigenvalue weighted by atomic mass is 10.1. The average Bonchev–Trinajstić information content (AvgIpc) is 2.79. The van der Waals surface area contributed by atoms with Crippen molar-refractivity contribution in [2.45, 2.75) is 19.3 Å². The Labute approximate surface area is 152 Å². The van der Waals surface area contributed by atoms with Gasteiger partial charge in [0.2, 0.25) is 5.88 Å². The monoisotopic (exact) mass is 356 g/mol. The second-order valence-electron chi connectivity index (χ2n) is 6.36. The molecule has 5 nitrogen and oxygen atoms in total. The van der Waals surface area contributed by atoms with E-state index in [-0.39, 0.29) is 0 Å². The lowest BCUT2D eigenvalue weighted by Gasteiger charge is -2.25. The van der Waals surface area contributed by atoms with E-state index in [2.05, 4.69) is 15.2 Å². The molecule has 1 fully saturated rings. The fourth-order valence-electron chi connectivity index (χ4n) is 3.25. The van der Waals surface area contributed by atoms with E-state index in [1.807, 2.05) is 30.3 Å². The normalized spacial score (nSPS) is 18.7. The number of nitrogens with zero attached hydrogens (tertiary/aromatic N) is 3. The third-order valence-electron chi connectivity index (χ3n) is 4.56. The number of aliphatic imine (C=N–C) groups is 1. The smallest absolute Gasteiger partial charge is 0.230 e. The van der Waals surface area contributed by atoms with Crippen LogP contribution < -0.4 is 10.1 Å². The van der Waals surface area contributed by atoms with E-state index in [4.69, 9.17) is 21.3 Å². The van der Waals surface area contributed by atoms with Crippen LogP contribution in [-0.2, 0) is 0 Å². The number of hydrogen-bond donors (Lipinski definition) is 1. The quantitative estimate of drug-likeness (QED) is 0.896. The highest BCUT2D eigenvalue weighted by Crippen LogP contribution is 2.36. The molecule has 0 saturated carbocycles. The van der Waals surface area contributed by atoms with E-state index in [1.165, 1.54) is 32.4 Å². The maximum Gasteiger partial charge on any atom is 0.230 e. The Morgan fingerprint density at radius 3 is 2.96 bits per heavy atom. The number of nitrogens with one attached hydrogen (secondary N) is 1. The second kappa shape index (κ2) is 7.42. The Balaban J connectivity index is 1.59. The van der Waals surface area contributed by atoms with E-state index in [0.29, 0.717) is 16.7 Å². The van der Waals surface area contributed by atoms with Gasteiger partial charge in [-0.2, -0.15) is 0 Å². The highest BCUT2D eigenvalue weighted by molar-refractivity contribution is 6.31. The van der Waals surface area contributed by atoms with Crippen LogP contribution in [0.5, 0.6) is 11.6 Å². The third kappa shape index (κ3) is 3.78. The number of aromatic nitrogens is 1. The molecule has 1 aromatic heterocycles. The highest BCUT2D eigenvalue weighted by Gasteiger charge is 2.20. The minimum absolute atomic E-state index is 0.563. The number of likely N-dealkylation sites (tertiary alicyclic amines) is 1. The van der Waals surface area contributed by atoms with Gasteiger partial charge in [0, 0.05) is 17.8 Å². The van der Waals surface area contributed by atoms with Crippen LogP contribution in [0.25, 0.3) is 0 Å². The van der Waals surface area contributed by atoms with Crippen molar-refractivity contribution in [3.05, 3.63) is 47.1 Å². The average molecular weight is 357 g/mol. The molecule has 0 bridgehead atoms. The standard InChI is InChI=1S/C19H21ClN4O/c20-14-6-7-17-16(13-14)23-18(15-5-4-8-22-19(15)25-17)21-9-12-24-10-2-1-3-11-24/h4-8,13H,1-3,9-12H2,(H,21,23). The number of rotatable bonds is 3. The molecule has 0 amide bonds. The Kier molecular flexibility index (Phi) is 4.85. The largest absolute Gasteiger partial charge is 0.436 e. The lowest BCUT2D eigenvalue weighted by molar-refractivity contribution is 0.235. The molecule has 25 heavy (non-hydrogen) atoms. The molecule has 0 unspecified atom stereocenters. The van der Waals surface area contributed by atoms with E-state index in [0.717, 1.165) is 30.2 Å². The van der Waals surface area contributed by atoms with Crippen molar-refractivity contribution in [1.82, 2.24) is 9.88 Å². The van der Waals surface area contributed by atoms with Gasteiger partial charge < -0.3 is 15.0 Å². The zero-order chi connectivity index (χ0) is 17.1. The maximum absolute atomic E-state index is 6.14. The zero-order valence-electron chi connectivity index (χ0n) is 14.0. The summed E-state index contributed by atoms with van der Waals surface area (Å²) in [6.07, 6.45) is 5.66. The summed E-state index contributed by atoms with van der Waals surface area (Å²) >= 11 is 6.14. The molecule has 1 N–H and O–H groups in total. The fraction of sp³-hybridized carbons (Fsp3) is 0.368. The third-order valence-corrected chi connectivity index (χ3v) is 4.80. The van der Waals surface area contributed by atoms with Crippen molar-refractivity contribution in [3.8, 4) is 11.6 Å². The van der Waals surface area contributed by atoms with Gasteiger partial charge in [-0.15, -0.1) is 0 Å². The summed E-state index contributed by atoms with van der Waals surface area (Å²) in [6, 6.07) is 9.38. The van der Waals surface area contributed by atoms with Crippen molar-refractivity contribution in [2.75, 3.05) is 31.5 Å². The van der Waals surface area contributed by atoms with Gasteiger partial charge in [0.15, 0.2) is 5.75 Å². The molecule has 0 spiro atoms. The number of amidine groups is 1. The molecule has 0 radical (unpaired) electrons. The van der Waals surface area contributed by atoms with Crippen molar-refractivity contribution >= 4 is 23.1 Å². The predicted octanol–water partition coefficient (Wildman–Crippen LogP) is 4.19. The highest BCUT2D eigenvalue weighted by atomic mass is 35.5. The molecule has 2 aromatic rings. The Bertz CT molecular complexity index is 787. The van der Waals surface area contributed by atoms with Crippen molar-refractivity contribution < 1.29 is 4.74 Å². The van der Waals surface area contributed by atoms with E-state index >= 15 is 0 Å². The second-order valence-corrected chi connectivity index (χ2v) is 6.79. The number of hydrogen-bond acceptors (Lipinski definition) is 4. The van der Waals surface area contributed by atoms with Gasteiger partial charge in [0.1, 0.15) is 5.84 Å². The Morgan fingerprint density at radius 2 is 2.08 bits per heavy atom. The van der Waals surface area contributed by atoms with Gasteiger partial charge in [0.05, 0.1) is 17.8 Å². The number of piperidine rings is 1. The van der Waals surface area contributed by atoms with Crippen LogP contribution in [0.1, 0.15) is 24.8 Å². The summed E-state index contributed by atoms with van der Waals surface area (Å²) < 4.78 is 5.96. The summed E-state index contributed by atoms with van der Waals surface area (Å²) in [4.78, 5) is 11.7. The van der Waals surface area contributed by atoms with Crippen molar-refractivity contribution in [3.63, 3.8) is 0 Å². The number of fused-ring (bicyclic) bond motifs is 2. The van der Waals surface area contributed by atoms with Gasteiger partial charge in [-0.1, -0.05) is 18.0 Å². The van der Waals surface area contributed by atoms with Gasteiger partial charge in [-0.3, -0.25) is 4.99 Å². The summed E-state index contributed by atoms with van der Waals surface area (Å²) in [5.41, 5.74) is 1.68.